The normalized spacial score (nSPS) is 12.6. The summed E-state index contributed by atoms with van der Waals surface area (Å²) in [4.78, 5) is 0. The van der Waals surface area contributed by atoms with Crippen molar-refractivity contribution in [3.8, 4) is 5.75 Å². The van der Waals surface area contributed by atoms with Crippen LogP contribution < -0.4 is 5.46 Å². The molecule has 0 spiro atoms. The van der Waals surface area contributed by atoms with E-state index >= 15 is 0 Å². The van der Waals surface area contributed by atoms with Crippen LogP contribution in [-0.4, -0.2) is 33.6 Å². The molecule has 106 valence electrons. The Morgan fingerprint density at radius 1 is 1.21 bits per heavy atom. The zero-order chi connectivity index (χ0) is 15.0. The summed E-state index contributed by atoms with van der Waals surface area (Å²) in [7, 11) is -1.67. The molecule has 0 aliphatic heterocycles. The van der Waals surface area contributed by atoms with Crippen LogP contribution in [0.5, 0.6) is 5.75 Å². The highest BCUT2D eigenvalue weighted by atomic mass is 19.1. The van der Waals surface area contributed by atoms with Gasteiger partial charge in [0.25, 0.3) is 0 Å². The van der Waals surface area contributed by atoms with Crippen LogP contribution in [0.15, 0.2) is 12.1 Å². The average Bonchev–Trinajstić information content (AvgIpc) is 2.21. The first kappa shape index (κ1) is 16.0. The number of hydrogen-bond donors (Lipinski definition) is 3. The summed E-state index contributed by atoms with van der Waals surface area (Å²) in [5, 5.41) is 29.7. The molecule has 0 radical (unpaired) electrons. The lowest BCUT2D eigenvalue weighted by atomic mass is 9.75. The topological polar surface area (TPSA) is 69.9 Å². The number of aliphatic hydroxyl groups is 1. The minimum atomic E-state index is -1.67. The fourth-order valence-electron chi connectivity index (χ4n) is 1.41. The summed E-state index contributed by atoms with van der Waals surface area (Å²) in [5.41, 5.74) is -2.27. The standard InChI is InChI=1S/C13H20BFO4/c1-8-6-7-9(15)10(11(8)16)14(18)19-13(4,5)12(2,3)17/h6-7,16-18H,1-5H3. The third-order valence-corrected chi connectivity index (χ3v) is 3.49. The Morgan fingerprint density at radius 2 is 1.74 bits per heavy atom. The molecule has 0 atom stereocenters. The summed E-state index contributed by atoms with van der Waals surface area (Å²) < 4.78 is 19.0. The number of phenolic OH excluding ortho intramolecular Hbond substituents is 1. The number of phenols is 1. The van der Waals surface area contributed by atoms with Crippen LogP contribution in [0.1, 0.15) is 33.3 Å². The minimum absolute atomic E-state index is 0.322. The van der Waals surface area contributed by atoms with Crippen LogP contribution in [0, 0.1) is 12.7 Å². The smallest absolute Gasteiger partial charge is 0.498 e. The Morgan fingerprint density at radius 3 is 2.21 bits per heavy atom. The summed E-state index contributed by atoms with van der Waals surface area (Å²) in [6.07, 6.45) is 0. The Bertz CT molecular complexity index is 468. The number of aryl methyl sites for hydroxylation is 1. The number of aromatic hydroxyl groups is 1. The van der Waals surface area contributed by atoms with Gasteiger partial charge in [-0.05, 0) is 46.2 Å². The predicted molar refractivity (Wildman–Crippen MR) is 71.9 cm³/mol. The van der Waals surface area contributed by atoms with Gasteiger partial charge in [-0.15, -0.1) is 0 Å². The maximum atomic E-state index is 13.7. The van der Waals surface area contributed by atoms with E-state index in [4.69, 9.17) is 4.65 Å². The molecule has 3 N–H and O–H groups in total. The Kier molecular flexibility index (Phi) is 4.29. The van der Waals surface area contributed by atoms with E-state index in [1.165, 1.54) is 19.9 Å². The molecule has 0 bridgehead atoms. The lowest BCUT2D eigenvalue weighted by Crippen LogP contribution is -2.53. The van der Waals surface area contributed by atoms with Crippen molar-refractivity contribution in [1.29, 1.82) is 0 Å². The van der Waals surface area contributed by atoms with Crippen molar-refractivity contribution in [3.05, 3.63) is 23.5 Å². The summed E-state index contributed by atoms with van der Waals surface area (Å²) in [6.45, 7) is 7.77. The molecule has 19 heavy (non-hydrogen) atoms. The van der Waals surface area contributed by atoms with Crippen molar-refractivity contribution in [1.82, 2.24) is 0 Å². The second kappa shape index (κ2) is 5.11. The number of hydrogen-bond acceptors (Lipinski definition) is 4. The first-order chi connectivity index (χ1) is 8.47. The van der Waals surface area contributed by atoms with Gasteiger partial charge >= 0.3 is 7.12 Å². The molecule has 1 aromatic rings. The average molecular weight is 270 g/mol. The van der Waals surface area contributed by atoms with Crippen LogP contribution in [0.3, 0.4) is 0 Å². The molecule has 0 aromatic heterocycles. The molecular weight excluding hydrogens is 250 g/mol. The summed E-state index contributed by atoms with van der Waals surface area (Å²) >= 11 is 0. The zero-order valence-corrected chi connectivity index (χ0v) is 11.9. The highest BCUT2D eigenvalue weighted by molar-refractivity contribution is 6.61. The van der Waals surface area contributed by atoms with Crippen LogP contribution >= 0.6 is 0 Å². The summed E-state index contributed by atoms with van der Waals surface area (Å²) in [5.74, 6) is -1.11. The van der Waals surface area contributed by atoms with Crippen molar-refractivity contribution < 1.29 is 24.3 Å². The lowest BCUT2D eigenvalue weighted by Gasteiger charge is -2.38. The van der Waals surface area contributed by atoms with Gasteiger partial charge < -0.3 is 19.9 Å². The van der Waals surface area contributed by atoms with Gasteiger partial charge in [0.2, 0.25) is 0 Å². The third kappa shape index (κ3) is 3.26. The monoisotopic (exact) mass is 270 g/mol. The Balaban J connectivity index is 3.10. The number of benzene rings is 1. The van der Waals surface area contributed by atoms with E-state index in [1.807, 2.05) is 0 Å². The molecule has 1 aromatic carbocycles. The minimum Gasteiger partial charge on any atom is -0.508 e. The van der Waals surface area contributed by atoms with Gasteiger partial charge in [0.05, 0.1) is 16.7 Å². The first-order valence-electron chi connectivity index (χ1n) is 6.03. The fraction of sp³-hybridized carbons (Fsp3) is 0.538. The molecule has 0 saturated heterocycles. The first-order valence-corrected chi connectivity index (χ1v) is 6.03. The number of halogens is 1. The molecule has 0 fully saturated rings. The maximum absolute atomic E-state index is 13.7. The molecule has 0 amide bonds. The molecular formula is C13H20BFO4. The lowest BCUT2D eigenvalue weighted by molar-refractivity contribution is -0.0983. The van der Waals surface area contributed by atoms with E-state index in [-0.39, 0.29) is 11.2 Å². The van der Waals surface area contributed by atoms with Gasteiger partial charge in [0.15, 0.2) is 0 Å². The number of rotatable bonds is 4. The van der Waals surface area contributed by atoms with Gasteiger partial charge in [0, 0.05) is 0 Å². The molecule has 1 rings (SSSR count). The van der Waals surface area contributed by atoms with Gasteiger partial charge in [-0.1, -0.05) is 6.07 Å². The van der Waals surface area contributed by atoms with Crippen LogP contribution in [0.2, 0.25) is 0 Å². The second-order valence-electron chi connectivity index (χ2n) is 5.67. The summed E-state index contributed by atoms with van der Waals surface area (Å²) in [6, 6.07) is 2.55. The zero-order valence-electron chi connectivity index (χ0n) is 11.9. The fourth-order valence-corrected chi connectivity index (χ4v) is 1.41. The van der Waals surface area contributed by atoms with Crippen LogP contribution in [-0.2, 0) is 4.65 Å². The van der Waals surface area contributed by atoms with E-state index in [0.717, 1.165) is 6.07 Å². The van der Waals surface area contributed by atoms with E-state index in [0.29, 0.717) is 5.56 Å². The Hall–Kier alpha value is -1.11. The van der Waals surface area contributed by atoms with E-state index in [1.54, 1.807) is 20.8 Å². The Labute approximate surface area is 113 Å². The van der Waals surface area contributed by atoms with Crippen molar-refractivity contribution >= 4 is 12.6 Å². The molecule has 0 aliphatic rings. The molecule has 0 unspecified atom stereocenters. The van der Waals surface area contributed by atoms with Gasteiger partial charge in [0.1, 0.15) is 11.6 Å². The highest BCUT2D eigenvalue weighted by Crippen LogP contribution is 2.26. The van der Waals surface area contributed by atoms with Gasteiger partial charge in [-0.25, -0.2) is 4.39 Å². The van der Waals surface area contributed by atoms with Gasteiger partial charge in [-0.2, -0.15) is 0 Å². The quantitative estimate of drug-likeness (QED) is 0.716. The van der Waals surface area contributed by atoms with E-state index in [9.17, 15) is 19.6 Å². The van der Waals surface area contributed by atoms with Crippen LogP contribution in [0.4, 0.5) is 4.39 Å². The molecule has 6 heteroatoms. The van der Waals surface area contributed by atoms with Crippen molar-refractivity contribution in [3.63, 3.8) is 0 Å². The maximum Gasteiger partial charge on any atom is 0.498 e. The van der Waals surface area contributed by atoms with Gasteiger partial charge in [-0.3, -0.25) is 0 Å². The van der Waals surface area contributed by atoms with Crippen molar-refractivity contribution in [2.75, 3.05) is 0 Å². The van der Waals surface area contributed by atoms with E-state index < -0.39 is 24.1 Å². The second-order valence-corrected chi connectivity index (χ2v) is 5.67. The molecule has 0 saturated carbocycles. The predicted octanol–water partition coefficient (Wildman–Crippen LogP) is 1.09. The van der Waals surface area contributed by atoms with E-state index in [2.05, 4.69) is 0 Å². The highest BCUT2D eigenvalue weighted by Gasteiger charge is 2.41. The molecule has 0 aliphatic carbocycles. The van der Waals surface area contributed by atoms with Crippen molar-refractivity contribution in [2.45, 2.75) is 45.8 Å². The third-order valence-electron chi connectivity index (χ3n) is 3.49. The molecule has 4 nitrogen and oxygen atoms in total. The largest absolute Gasteiger partial charge is 0.508 e. The SMILES string of the molecule is Cc1ccc(F)c(B(O)OC(C)(C)C(C)(C)O)c1O. The van der Waals surface area contributed by atoms with Crippen molar-refractivity contribution in [2.24, 2.45) is 0 Å². The molecule has 0 heterocycles. The van der Waals surface area contributed by atoms with Crippen LogP contribution in [0.25, 0.3) is 0 Å².